The van der Waals surface area contributed by atoms with E-state index in [2.05, 4.69) is 4.74 Å². The number of hydrogen-bond acceptors (Lipinski definition) is 4. The van der Waals surface area contributed by atoms with E-state index in [0.29, 0.717) is 5.56 Å². The minimum absolute atomic E-state index is 0.178. The van der Waals surface area contributed by atoms with Crippen LogP contribution >= 0.6 is 0 Å². The second kappa shape index (κ2) is 6.00. The Morgan fingerprint density at radius 3 is 2.47 bits per heavy atom. The average Bonchev–Trinajstić information content (AvgIpc) is 2.29. The van der Waals surface area contributed by atoms with Gasteiger partial charge in [0, 0.05) is 5.56 Å². The fourth-order valence-corrected chi connectivity index (χ4v) is 1.23. The molecule has 2 N–H and O–H groups in total. The highest BCUT2D eigenvalue weighted by molar-refractivity contribution is 6.00. The molecule has 92 valence electrons. The van der Waals surface area contributed by atoms with Crippen molar-refractivity contribution in [1.82, 2.24) is 5.32 Å². The summed E-state index contributed by atoms with van der Waals surface area (Å²) < 4.78 is 4.56. The first-order valence-electron chi connectivity index (χ1n) is 5.27. The predicted molar refractivity (Wildman–Crippen MR) is 61.7 cm³/mol. The first-order valence-corrected chi connectivity index (χ1v) is 5.27. The third-order valence-corrected chi connectivity index (χ3v) is 2.11. The highest BCUT2D eigenvalue weighted by atomic mass is 16.5. The predicted octanol–water partition coefficient (Wildman–Crippen LogP) is 1.24. The number of Topliss-reactive ketones (excluding diaryl/α,β-unsaturated/α-hetero) is 1. The molecule has 0 aliphatic carbocycles. The van der Waals surface area contributed by atoms with Crippen LogP contribution in [0.4, 0.5) is 4.79 Å². The van der Waals surface area contributed by atoms with Crippen molar-refractivity contribution in [2.45, 2.75) is 20.1 Å². The van der Waals surface area contributed by atoms with Gasteiger partial charge in [0.15, 0.2) is 6.23 Å². The summed E-state index contributed by atoms with van der Waals surface area (Å²) in [6, 6.07) is 6.69. The van der Waals surface area contributed by atoms with Crippen molar-refractivity contribution in [3.63, 3.8) is 0 Å². The molecule has 0 fully saturated rings. The van der Waals surface area contributed by atoms with Crippen LogP contribution < -0.4 is 5.32 Å². The third-order valence-electron chi connectivity index (χ3n) is 2.11. The summed E-state index contributed by atoms with van der Waals surface area (Å²) in [6.45, 7) is 3.70. The lowest BCUT2D eigenvalue weighted by molar-refractivity contribution is 0.0635. The Hall–Kier alpha value is -1.88. The van der Waals surface area contributed by atoms with Crippen molar-refractivity contribution < 1.29 is 19.4 Å². The molecule has 0 aromatic heterocycles. The standard InChI is InChI=1S/C12H15NO4/c1-3-17-12(16)13-11(15)10(14)9-6-4-8(2)5-7-9/h4-7,11,15H,3H2,1-2H3,(H,13,16). The monoisotopic (exact) mass is 237 g/mol. The maximum atomic E-state index is 11.7. The van der Waals surface area contributed by atoms with Crippen LogP contribution in [0.25, 0.3) is 0 Å². The van der Waals surface area contributed by atoms with E-state index in [1.54, 1.807) is 31.2 Å². The molecule has 0 radical (unpaired) electrons. The molecule has 17 heavy (non-hydrogen) atoms. The van der Waals surface area contributed by atoms with E-state index >= 15 is 0 Å². The number of rotatable bonds is 4. The van der Waals surface area contributed by atoms with Crippen LogP contribution in [0, 0.1) is 6.92 Å². The van der Waals surface area contributed by atoms with Crippen molar-refractivity contribution in [2.24, 2.45) is 0 Å². The summed E-state index contributed by atoms with van der Waals surface area (Å²) in [7, 11) is 0. The number of amides is 1. The molecule has 0 bridgehead atoms. The zero-order valence-corrected chi connectivity index (χ0v) is 9.77. The number of benzene rings is 1. The number of aryl methyl sites for hydroxylation is 1. The van der Waals surface area contributed by atoms with Gasteiger partial charge in [-0.1, -0.05) is 29.8 Å². The number of carbonyl (C=O) groups is 2. The van der Waals surface area contributed by atoms with E-state index in [1.165, 1.54) is 0 Å². The summed E-state index contributed by atoms with van der Waals surface area (Å²) in [5.41, 5.74) is 1.34. The van der Waals surface area contributed by atoms with Crippen LogP contribution in [0.5, 0.6) is 0 Å². The van der Waals surface area contributed by atoms with Crippen molar-refractivity contribution in [3.05, 3.63) is 35.4 Å². The maximum Gasteiger partial charge on any atom is 0.409 e. The molecule has 1 unspecified atom stereocenters. The summed E-state index contributed by atoms with van der Waals surface area (Å²) in [4.78, 5) is 22.7. The van der Waals surface area contributed by atoms with Gasteiger partial charge in [-0.25, -0.2) is 4.79 Å². The van der Waals surface area contributed by atoms with Gasteiger partial charge < -0.3 is 9.84 Å². The fraction of sp³-hybridized carbons (Fsp3) is 0.333. The molecule has 0 saturated heterocycles. The molecule has 1 amide bonds. The van der Waals surface area contributed by atoms with Crippen LogP contribution in [0.3, 0.4) is 0 Å². The number of ketones is 1. The SMILES string of the molecule is CCOC(=O)NC(O)C(=O)c1ccc(C)cc1. The van der Waals surface area contributed by atoms with Crippen molar-refractivity contribution in [1.29, 1.82) is 0 Å². The molecule has 1 aromatic carbocycles. The molecule has 1 aromatic rings. The molecule has 0 heterocycles. The highest BCUT2D eigenvalue weighted by Crippen LogP contribution is 2.05. The zero-order chi connectivity index (χ0) is 12.8. The van der Waals surface area contributed by atoms with Gasteiger partial charge in [0.1, 0.15) is 0 Å². The summed E-state index contributed by atoms with van der Waals surface area (Å²) in [5, 5.41) is 11.5. The minimum Gasteiger partial charge on any atom is -0.450 e. The molecule has 5 nitrogen and oxygen atoms in total. The number of aliphatic hydroxyl groups is 1. The van der Waals surface area contributed by atoms with E-state index in [1.807, 2.05) is 12.2 Å². The Labute approximate surface area is 99.4 Å². The Bertz CT molecular complexity index is 399. The largest absolute Gasteiger partial charge is 0.450 e. The van der Waals surface area contributed by atoms with Crippen LogP contribution in [0.15, 0.2) is 24.3 Å². The molecular formula is C12H15NO4. The second-order valence-corrected chi connectivity index (χ2v) is 3.50. The zero-order valence-electron chi connectivity index (χ0n) is 9.77. The van der Waals surface area contributed by atoms with Gasteiger partial charge in [-0.3, -0.25) is 10.1 Å². The molecule has 0 aliphatic rings. The minimum atomic E-state index is -1.59. The number of alkyl carbamates (subject to hydrolysis) is 1. The van der Waals surface area contributed by atoms with Crippen molar-refractivity contribution >= 4 is 11.9 Å². The molecule has 0 saturated carbocycles. The van der Waals surface area contributed by atoms with E-state index in [0.717, 1.165) is 5.56 Å². The van der Waals surface area contributed by atoms with Gasteiger partial charge in [0.2, 0.25) is 5.78 Å². The lowest BCUT2D eigenvalue weighted by Gasteiger charge is -2.11. The van der Waals surface area contributed by atoms with Gasteiger partial charge in [-0.2, -0.15) is 0 Å². The summed E-state index contributed by atoms with van der Waals surface area (Å²) >= 11 is 0. The van der Waals surface area contributed by atoms with Crippen LogP contribution in [0.1, 0.15) is 22.8 Å². The third kappa shape index (κ3) is 3.88. The number of aliphatic hydroxyl groups excluding tert-OH is 1. The van der Waals surface area contributed by atoms with Gasteiger partial charge >= 0.3 is 6.09 Å². The molecule has 0 aliphatic heterocycles. The van der Waals surface area contributed by atoms with Crippen molar-refractivity contribution in [2.75, 3.05) is 6.61 Å². The molecule has 0 spiro atoms. The van der Waals surface area contributed by atoms with Crippen LogP contribution in [-0.2, 0) is 4.74 Å². The summed E-state index contributed by atoms with van der Waals surface area (Å²) in [5.74, 6) is -0.571. The Balaban J connectivity index is 2.63. The smallest absolute Gasteiger partial charge is 0.409 e. The Morgan fingerprint density at radius 1 is 1.35 bits per heavy atom. The van der Waals surface area contributed by atoms with Crippen LogP contribution in [0.2, 0.25) is 0 Å². The van der Waals surface area contributed by atoms with Gasteiger partial charge in [-0.15, -0.1) is 0 Å². The number of hydrogen-bond donors (Lipinski definition) is 2. The normalized spacial score (nSPS) is 11.7. The van der Waals surface area contributed by atoms with Gasteiger partial charge in [-0.05, 0) is 13.8 Å². The second-order valence-electron chi connectivity index (χ2n) is 3.50. The highest BCUT2D eigenvalue weighted by Gasteiger charge is 2.19. The molecule has 1 rings (SSSR count). The summed E-state index contributed by atoms with van der Waals surface area (Å²) in [6.07, 6.45) is -2.41. The number of carbonyl (C=O) groups excluding carboxylic acids is 2. The van der Waals surface area contributed by atoms with E-state index < -0.39 is 18.1 Å². The van der Waals surface area contributed by atoms with E-state index in [4.69, 9.17) is 0 Å². The maximum absolute atomic E-state index is 11.7. The molecular weight excluding hydrogens is 222 g/mol. The molecule has 5 heteroatoms. The van der Waals surface area contributed by atoms with Gasteiger partial charge in [0.25, 0.3) is 0 Å². The first kappa shape index (κ1) is 13.2. The van der Waals surface area contributed by atoms with Crippen molar-refractivity contribution in [3.8, 4) is 0 Å². The first-order chi connectivity index (χ1) is 8.04. The Kier molecular flexibility index (Phi) is 4.66. The van der Waals surface area contributed by atoms with Crippen LogP contribution in [-0.4, -0.2) is 29.8 Å². The van der Waals surface area contributed by atoms with Gasteiger partial charge in [0.05, 0.1) is 6.61 Å². The average molecular weight is 237 g/mol. The lowest BCUT2D eigenvalue weighted by atomic mass is 10.1. The topological polar surface area (TPSA) is 75.6 Å². The number of nitrogens with one attached hydrogen (secondary N) is 1. The van der Waals surface area contributed by atoms with E-state index in [-0.39, 0.29) is 6.61 Å². The number of ether oxygens (including phenoxy) is 1. The fourth-order valence-electron chi connectivity index (χ4n) is 1.23. The molecule has 1 atom stereocenters. The quantitative estimate of drug-likeness (QED) is 0.610. The lowest BCUT2D eigenvalue weighted by Crippen LogP contribution is -2.40. The Morgan fingerprint density at radius 2 is 1.94 bits per heavy atom. The van der Waals surface area contributed by atoms with E-state index in [9.17, 15) is 14.7 Å².